The van der Waals surface area contributed by atoms with Gasteiger partial charge in [-0.25, -0.2) is 0 Å². The van der Waals surface area contributed by atoms with E-state index in [4.69, 9.17) is 20.4 Å². The quantitative estimate of drug-likeness (QED) is 0.635. The number of hydrogen-bond donors (Lipinski definition) is 1. The van der Waals surface area contributed by atoms with Gasteiger partial charge < -0.3 is 14.2 Å². The fraction of sp³-hybridized carbons (Fsp3) is 0.409. The van der Waals surface area contributed by atoms with Crippen LogP contribution in [0.2, 0.25) is 5.02 Å². The fourth-order valence-corrected chi connectivity index (χ4v) is 4.12. The van der Waals surface area contributed by atoms with Gasteiger partial charge in [0, 0.05) is 22.5 Å². The number of piperidine rings is 1. The summed E-state index contributed by atoms with van der Waals surface area (Å²) < 4.78 is 11.7. The molecule has 3 heterocycles. The van der Waals surface area contributed by atoms with E-state index in [1.54, 1.807) is 12.1 Å². The Labute approximate surface area is 169 Å². The van der Waals surface area contributed by atoms with E-state index in [0.29, 0.717) is 22.9 Å². The van der Waals surface area contributed by atoms with Crippen molar-refractivity contribution >= 4 is 28.5 Å². The minimum atomic E-state index is -0.213. The highest BCUT2D eigenvalue weighted by Crippen LogP contribution is 2.29. The molecule has 0 bridgehead atoms. The van der Waals surface area contributed by atoms with Crippen molar-refractivity contribution in [2.24, 2.45) is 0 Å². The number of fused-ring (bicyclic) bond motifs is 1. The maximum atomic E-state index is 12.9. The molecule has 5 nitrogen and oxygen atoms in total. The molecule has 0 spiro atoms. The zero-order chi connectivity index (χ0) is 19.7. The van der Waals surface area contributed by atoms with Crippen LogP contribution < -0.4 is 5.32 Å². The second-order valence-corrected chi connectivity index (χ2v) is 7.90. The summed E-state index contributed by atoms with van der Waals surface area (Å²) in [5.41, 5.74) is 1.47. The van der Waals surface area contributed by atoms with Gasteiger partial charge in [-0.05, 0) is 70.1 Å². The summed E-state index contributed by atoms with van der Waals surface area (Å²) in [5, 5.41) is 4.55. The molecule has 1 amide bonds. The van der Waals surface area contributed by atoms with E-state index < -0.39 is 0 Å². The summed E-state index contributed by atoms with van der Waals surface area (Å²) in [6.07, 6.45) is 3.61. The number of halogens is 1. The third kappa shape index (κ3) is 3.82. The van der Waals surface area contributed by atoms with Crippen LogP contribution in [0.5, 0.6) is 0 Å². The molecule has 0 radical (unpaired) electrons. The number of hydrogen-bond acceptors (Lipinski definition) is 4. The van der Waals surface area contributed by atoms with Crippen LogP contribution in [0.25, 0.3) is 11.0 Å². The van der Waals surface area contributed by atoms with Gasteiger partial charge in [-0.15, -0.1) is 0 Å². The van der Waals surface area contributed by atoms with E-state index in [9.17, 15) is 4.79 Å². The first-order valence-electron chi connectivity index (χ1n) is 9.80. The average Bonchev–Trinajstić information content (AvgIpc) is 3.26. The Morgan fingerprint density at radius 3 is 2.64 bits per heavy atom. The van der Waals surface area contributed by atoms with Crippen LogP contribution in [0.4, 0.5) is 0 Å². The molecule has 1 aromatic carbocycles. The van der Waals surface area contributed by atoms with Crippen molar-refractivity contribution in [2.45, 2.75) is 39.2 Å². The van der Waals surface area contributed by atoms with Crippen LogP contribution in [-0.2, 0) is 0 Å². The van der Waals surface area contributed by atoms with E-state index in [2.05, 4.69) is 10.2 Å². The van der Waals surface area contributed by atoms with Crippen LogP contribution in [-0.4, -0.2) is 30.4 Å². The maximum absolute atomic E-state index is 12.9. The summed E-state index contributed by atoms with van der Waals surface area (Å²) in [5.74, 6) is 1.90. The molecule has 2 aromatic heterocycles. The molecular formula is C22H25ClN2O3. The van der Waals surface area contributed by atoms with Crippen molar-refractivity contribution in [2.75, 3.05) is 19.6 Å². The number of nitrogens with one attached hydrogen (secondary N) is 1. The average molecular weight is 401 g/mol. The minimum Gasteiger partial charge on any atom is -0.465 e. The highest BCUT2D eigenvalue weighted by Gasteiger charge is 2.26. The van der Waals surface area contributed by atoms with Crippen molar-refractivity contribution in [3.05, 3.63) is 58.2 Å². The minimum absolute atomic E-state index is 0.0251. The number of likely N-dealkylation sites (tertiary alicyclic amines) is 1. The maximum Gasteiger partial charge on any atom is 0.287 e. The standard InChI is InChI=1S/C22H25ClN2O3/c1-14-6-8-20(27-14)18(25-10-4-3-5-11-25)13-24-22(26)21-15(2)17-12-16(23)7-9-19(17)28-21/h6-9,12,18H,3-5,10-11,13H2,1-2H3,(H,24,26)/t18-/m1/s1. The van der Waals surface area contributed by atoms with Gasteiger partial charge in [0.15, 0.2) is 5.76 Å². The van der Waals surface area contributed by atoms with Crippen LogP contribution in [0.3, 0.4) is 0 Å². The van der Waals surface area contributed by atoms with Crippen molar-refractivity contribution < 1.29 is 13.6 Å². The monoisotopic (exact) mass is 400 g/mol. The zero-order valence-corrected chi connectivity index (χ0v) is 17.0. The molecule has 1 N–H and O–H groups in total. The summed E-state index contributed by atoms with van der Waals surface area (Å²) in [7, 11) is 0. The molecule has 1 saturated heterocycles. The predicted molar refractivity (Wildman–Crippen MR) is 110 cm³/mol. The fourth-order valence-electron chi connectivity index (χ4n) is 3.95. The Bertz CT molecular complexity index is 985. The Morgan fingerprint density at radius 1 is 1.14 bits per heavy atom. The summed E-state index contributed by atoms with van der Waals surface area (Å²) in [6.45, 7) is 6.33. The van der Waals surface area contributed by atoms with Gasteiger partial charge >= 0.3 is 0 Å². The summed E-state index contributed by atoms with van der Waals surface area (Å²) in [4.78, 5) is 15.3. The van der Waals surface area contributed by atoms with E-state index in [1.807, 2.05) is 32.0 Å². The molecule has 1 aliphatic heterocycles. The van der Waals surface area contributed by atoms with Crippen molar-refractivity contribution in [1.82, 2.24) is 10.2 Å². The van der Waals surface area contributed by atoms with Gasteiger partial charge in [0.05, 0.1) is 6.04 Å². The largest absolute Gasteiger partial charge is 0.465 e. The molecule has 28 heavy (non-hydrogen) atoms. The number of aryl methyl sites for hydroxylation is 2. The van der Waals surface area contributed by atoms with Crippen LogP contribution in [0.15, 0.2) is 39.2 Å². The normalized spacial score (nSPS) is 16.4. The highest BCUT2D eigenvalue weighted by molar-refractivity contribution is 6.31. The second-order valence-electron chi connectivity index (χ2n) is 7.47. The number of rotatable bonds is 5. The van der Waals surface area contributed by atoms with Crippen LogP contribution >= 0.6 is 11.6 Å². The number of carbonyl (C=O) groups excluding carboxylic acids is 1. The SMILES string of the molecule is Cc1ccc([C@@H](CNC(=O)c2oc3ccc(Cl)cc3c2C)N2CCCCC2)o1. The van der Waals surface area contributed by atoms with Gasteiger partial charge in [0.2, 0.25) is 0 Å². The lowest BCUT2D eigenvalue weighted by Gasteiger charge is -2.33. The lowest BCUT2D eigenvalue weighted by atomic mass is 10.1. The molecule has 3 aromatic rings. The smallest absolute Gasteiger partial charge is 0.287 e. The molecule has 1 fully saturated rings. The molecule has 0 unspecified atom stereocenters. The van der Waals surface area contributed by atoms with Crippen LogP contribution in [0, 0.1) is 13.8 Å². The first-order valence-corrected chi connectivity index (χ1v) is 10.2. The lowest BCUT2D eigenvalue weighted by Crippen LogP contribution is -2.40. The Hall–Kier alpha value is -2.24. The molecule has 148 valence electrons. The molecular weight excluding hydrogens is 376 g/mol. The predicted octanol–water partition coefficient (Wildman–Crippen LogP) is 5.25. The van der Waals surface area contributed by atoms with Gasteiger partial charge in [-0.1, -0.05) is 18.0 Å². The Balaban J connectivity index is 1.53. The number of carbonyl (C=O) groups is 1. The van der Waals surface area contributed by atoms with E-state index >= 15 is 0 Å². The van der Waals surface area contributed by atoms with Gasteiger partial charge in [0.25, 0.3) is 5.91 Å². The molecule has 6 heteroatoms. The van der Waals surface area contributed by atoms with Crippen molar-refractivity contribution in [3.63, 3.8) is 0 Å². The molecule has 1 atom stereocenters. The van der Waals surface area contributed by atoms with Crippen molar-refractivity contribution in [1.29, 1.82) is 0 Å². The molecule has 0 saturated carbocycles. The third-order valence-electron chi connectivity index (χ3n) is 5.48. The van der Waals surface area contributed by atoms with Gasteiger partial charge in [-0.2, -0.15) is 0 Å². The first-order chi connectivity index (χ1) is 13.5. The van der Waals surface area contributed by atoms with Crippen LogP contribution in [0.1, 0.15) is 52.9 Å². The Morgan fingerprint density at radius 2 is 1.93 bits per heavy atom. The lowest BCUT2D eigenvalue weighted by molar-refractivity contribution is 0.0888. The zero-order valence-electron chi connectivity index (χ0n) is 16.3. The highest BCUT2D eigenvalue weighted by atomic mass is 35.5. The Kier molecular flexibility index (Phi) is 5.47. The molecule has 4 rings (SSSR count). The summed E-state index contributed by atoms with van der Waals surface area (Å²) >= 11 is 6.08. The topological polar surface area (TPSA) is 58.6 Å². The third-order valence-corrected chi connectivity index (χ3v) is 5.72. The first kappa shape index (κ1) is 19.1. The number of benzene rings is 1. The number of amides is 1. The number of nitrogens with zero attached hydrogens (tertiary/aromatic N) is 1. The molecule has 0 aliphatic carbocycles. The molecule has 1 aliphatic rings. The van der Waals surface area contributed by atoms with Gasteiger partial charge in [0.1, 0.15) is 17.1 Å². The van der Waals surface area contributed by atoms with Crippen molar-refractivity contribution in [3.8, 4) is 0 Å². The number of furan rings is 2. The van der Waals surface area contributed by atoms with E-state index in [1.165, 1.54) is 19.3 Å². The van der Waals surface area contributed by atoms with E-state index in [-0.39, 0.29) is 11.9 Å². The van der Waals surface area contributed by atoms with E-state index in [0.717, 1.165) is 35.6 Å². The summed E-state index contributed by atoms with van der Waals surface area (Å²) in [6, 6.07) is 9.39. The second kappa shape index (κ2) is 8.02. The van der Waals surface area contributed by atoms with Gasteiger partial charge in [-0.3, -0.25) is 9.69 Å².